The molecule has 2 amide bonds. The van der Waals surface area contributed by atoms with Gasteiger partial charge in [-0.2, -0.15) is 21.6 Å². The van der Waals surface area contributed by atoms with Crippen molar-refractivity contribution in [3.05, 3.63) is 53.6 Å². The second-order valence-corrected chi connectivity index (χ2v) is 10.2. The van der Waals surface area contributed by atoms with E-state index in [1.165, 1.54) is 0 Å². The molecule has 0 saturated heterocycles. The van der Waals surface area contributed by atoms with Crippen molar-refractivity contribution in [3.8, 4) is 5.75 Å². The Kier molecular flexibility index (Phi) is 10.0. The highest BCUT2D eigenvalue weighted by Crippen LogP contribution is 2.33. The third kappa shape index (κ3) is 7.78. The topological polar surface area (TPSA) is 79.0 Å². The molecule has 0 fully saturated rings. The van der Waals surface area contributed by atoms with Crippen molar-refractivity contribution in [3.63, 3.8) is 0 Å². The van der Waals surface area contributed by atoms with Crippen LogP contribution in [0, 0.1) is 5.92 Å². The molecule has 2 aromatic carbocycles. The van der Waals surface area contributed by atoms with Crippen LogP contribution in [0.5, 0.6) is 5.75 Å². The van der Waals surface area contributed by atoms with Crippen LogP contribution in [0.15, 0.2) is 47.4 Å². The van der Waals surface area contributed by atoms with E-state index in [2.05, 4.69) is 5.32 Å². The molecule has 7 nitrogen and oxygen atoms in total. The highest BCUT2D eigenvalue weighted by molar-refractivity contribution is 7.87. The molecular weight excluding hydrogens is 495 g/mol. The van der Waals surface area contributed by atoms with Crippen molar-refractivity contribution in [1.29, 1.82) is 0 Å². The zero-order valence-corrected chi connectivity index (χ0v) is 22.0. The lowest BCUT2D eigenvalue weighted by Gasteiger charge is -2.27. The number of urea groups is 1. The Bertz CT molecular complexity index is 1130. The lowest BCUT2D eigenvalue weighted by molar-refractivity contribution is -0.137. The fraction of sp³-hybridized carbons (Fsp3) is 0.480. The maximum atomic E-state index is 13.2. The minimum absolute atomic E-state index is 0.0464. The summed E-state index contributed by atoms with van der Waals surface area (Å²) < 4.78 is 71.1. The Hall–Kier alpha value is -2.95. The minimum Gasteiger partial charge on any atom is -0.379 e. The monoisotopic (exact) mass is 529 g/mol. The van der Waals surface area contributed by atoms with Gasteiger partial charge in [-0.1, -0.05) is 26.0 Å². The number of amides is 2. The Balaban J connectivity index is 2.54. The second-order valence-electron chi connectivity index (χ2n) is 8.64. The molecule has 0 unspecified atom stereocenters. The predicted molar refractivity (Wildman–Crippen MR) is 134 cm³/mol. The summed E-state index contributed by atoms with van der Waals surface area (Å²) in [5, 5.41) is 2.75. The second kappa shape index (κ2) is 12.3. The van der Waals surface area contributed by atoms with E-state index < -0.39 is 26.8 Å². The summed E-state index contributed by atoms with van der Waals surface area (Å²) in [5.41, 5.74) is 0.00315. The summed E-state index contributed by atoms with van der Waals surface area (Å²) in [4.78, 5) is 15.6. The molecule has 0 saturated carbocycles. The van der Waals surface area contributed by atoms with Gasteiger partial charge >= 0.3 is 22.3 Å². The highest BCUT2D eigenvalue weighted by atomic mass is 32.2. The third-order valence-corrected chi connectivity index (χ3v) is 6.62. The van der Waals surface area contributed by atoms with Crippen molar-refractivity contribution in [2.24, 2.45) is 5.92 Å². The van der Waals surface area contributed by atoms with Crippen molar-refractivity contribution >= 4 is 21.8 Å². The molecule has 0 heterocycles. The average Bonchev–Trinajstić information content (AvgIpc) is 2.80. The van der Waals surface area contributed by atoms with E-state index in [4.69, 9.17) is 4.18 Å². The number of alkyl halides is 3. The molecule has 2 rings (SSSR count). The molecule has 1 N–H and O–H groups in total. The van der Waals surface area contributed by atoms with E-state index in [-0.39, 0.29) is 24.2 Å². The molecule has 36 heavy (non-hydrogen) atoms. The summed E-state index contributed by atoms with van der Waals surface area (Å²) in [7, 11) is -4.60. The maximum absolute atomic E-state index is 13.2. The number of nitrogens with zero attached hydrogens (tertiary/aromatic N) is 2. The zero-order valence-electron chi connectivity index (χ0n) is 21.2. The quantitative estimate of drug-likeness (QED) is 0.389. The summed E-state index contributed by atoms with van der Waals surface area (Å²) in [6.45, 7) is 11.7. The lowest BCUT2D eigenvalue weighted by atomic mass is 10.1. The largest absolute Gasteiger partial charge is 0.416 e. The first-order valence-corrected chi connectivity index (χ1v) is 13.3. The fourth-order valence-corrected chi connectivity index (χ4v) is 4.66. The summed E-state index contributed by atoms with van der Waals surface area (Å²) >= 11 is 0. The van der Waals surface area contributed by atoms with Crippen LogP contribution in [0.25, 0.3) is 0 Å². The zero-order chi connectivity index (χ0) is 27.1. The van der Waals surface area contributed by atoms with Gasteiger partial charge in [0.1, 0.15) is 10.6 Å². The minimum atomic E-state index is -4.71. The van der Waals surface area contributed by atoms with Crippen LogP contribution in [0.1, 0.15) is 45.7 Å². The molecule has 200 valence electrons. The third-order valence-electron chi connectivity index (χ3n) is 5.39. The number of carbonyl (C=O) groups is 1. The van der Waals surface area contributed by atoms with Crippen LogP contribution in [0.3, 0.4) is 0 Å². The molecule has 2 aromatic rings. The van der Waals surface area contributed by atoms with E-state index in [1.807, 2.05) is 32.6 Å². The number of carbonyl (C=O) groups excluding carboxylic acids is 1. The molecule has 0 spiro atoms. The van der Waals surface area contributed by atoms with E-state index in [0.717, 1.165) is 18.2 Å². The fourth-order valence-electron chi connectivity index (χ4n) is 3.66. The molecule has 0 atom stereocenters. The van der Waals surface area contributed by atoms with E-state index in [1.54, 1.807) is 30.0 Å². The Morgan fingerprint density at radius 3 is 2.28 bits per heavy atom. The summed E-state index contributed by atoms with van der Waals surface area (Å²) in [5.74, 6) is 0.0932. The van der Waals surface area contributed by atoms with E-state index in [0.29, 0.717) is 43.5 Å². The molecule has 0 radical (unpaired) electrons. The number of benzene rings is 2. The van der Waals surface area contributed by atoms with Crippen molar-refractivity contribution in [2.45, 2.75) is 52.2 Å². The molecule has 0 aliphatic carbocycles. The van der Waals surface area contributed by atoms with Crippen LogP contribution < -0.4 is 14.4 Å². The molecule has 0 aromatic heterocycles. The van der Waals surface area contributed by atoms with Crippen LogP contribution in [0.4, 0.5) is 23.7 Å². The van der Waals surface area contributed by atoms with Crippen LogP contribution in [-0.4, -0.2) is 45.5 Å². The maximum Gasteiger partial charge on any atom is 0.416 e. The predicted octanol–water partition coefficient (Wildman–Crippen LogP) is 5.51. The smallest absolute Gasteiger partial charge is 0.379 e. The first-order chi connectivity index (χ1) is 16.8. The number of hydrogen-bond acceptors (Lipinski definition) is 5. The van der Waals surface area contributed by atoms with Gasteiger partial charge in [0.25, 0.3) is 0 Å². The van der Waals surface area contributed by atoms with Gasteiger partial charge in [0.2, 0.25) is 0 Å². The number of anilines is 1. The Morgan fingerprint density at radius 1 is 1.06 bits per heavy atom. The lowest BCUT2D eigenvalue weighted by Crippen LogP contribution is -2.41. The molecule has 11 heteroatoms. The molecule has 0 aliphatic rings. The standard InChI is InChI=1S/C25H34F3N3O4S/c1-6-29-24(32)31(16-18(4)5)17-19-12-13-21(30(7-2)8-3)15-23(19)35-36(33,34)22-11-9-10-20(14-22)25(26,27)28/h9-15,18H,6-8,16-17H2,1-5H3,(H,29,32). The average molecular weight is 530 g/mol. The van der Waals surface area contributed by atoms with Crippen LogP contribution in [0.2, 0.25) is 0 Å². The van der Waals surface area contributed by atoms with Gasteiger partial charge in [-0.15, -0.1) is 0 Å². The molecule has 0 aliphatic heterocycles. The van der Waals surface area contributed by atoms with Gasteiger partial charge in [-0.05, 0) is 51.0 Å². The van der Waals surface area contributed by atoms with E-state index in [9.17, 15) is 26.4 Å². The number of rotatable bonds is 11. The highest BCUT2D eigenvalue weighted by Gasteiger charge is 2.32. The van der Waals surface area contributed by atoms with Gasteiger partial charge in [-0.25, -0.2) is 4.79 Å². The number of nitrogens with one attached hydrogen (secondary N) is 1. The molecule has 0 bridgehead atoms. The van der Waals surface area contributed by atoms with Crippen molar-refractivity contribution < 1.29 is 30.6 Å². The van der Waals surface area contributed by atoms with Gasteiger partial charge in [0.15, 0.2) is 0 Å². The first-order valence-electron chi connectivity index (χ1n) is 11.8. The Morgan fingerprint density at radius 2 is 1.72 bits per heavy atom. The number of halogens is 3. The van der Waals surface area contributed by atoms with Gasteiger partial charge in [0.05, 0.1) is 12.1 Å². The summed E-state index contributed by atoms with van der Waals surface area (Å²) in [6.07, 6.45) is -4.71. The number of hydrogen-bond donors (Lipinski definition) is 1. The van der Waals surface area contributed by atoms with Gasteiger partial charge < -0.3 is 19.3 Å². The van der Waals surface area contributed by atoms with Crippen LogP contribution >= 0.6 is 0 Å². The normalized spacial score (nSPS) is 11.9. The first kappa shape index (κ1) is 29.3. The summed E-state index contributed by atoms with van der Waals surface area (Å²) in [6, 6.07) is 8.12. The SMILES string of the molecule is CCNC(=O)N(Cc1ccc(N(CC)CC)cc1OS(=O)(=O)c1cccc(C(F)(F)F)c1)CC(C)C. The van der Waals surface area contributed by atoms with Crippen molar-refractivity contribution in [2.75, 3.05) is 31.1 Å². The Labute approximate surface area is 211 Å². The van der Waals surface area contributed by atoms with Gasteiger partial charge in [-0.3, -0.25) is 0 Å². The van der Waals surface area contributed by atoms with E-state index >= 15 is 0 Å². The van der Waals surface area contributed by atoms with Crippen molar-refractivity contribution in [1.82, 2.24) is 10.2 Å². The molecular formula is C25H34F3N3O4S. The van der Waals surface area contributed by atoms with Crippen LogP contribution in [-0.2, 0) is 22.8 Å². The van der Waals surface area contributed by atoms with Gasteiger partial charge in [0, 0.05) is 43.5 Å².